The number of unbranched alkanes of at least 4 members (excludes halogenated alkanes) is 1. The third kappa shape index (κ3) is 4.52. The summed E-state index contributed by atoms with van der Waals surface area (Å²) in [5.41, 5.74) is 5.48. The summed E-state index contributed by atoms with van der Waals surface area (Å²) >= 11 is 0. The molecule has 0 aromatic heterocycles. The van der Waals surface area contributed by atoms with Gasteiger partial charge in [0.05, 0.1) is 17.8 Å². The fourth-order valence-corrected chi connectivity index (χ4v) is 4.02. The molecule has 2 N–H and O–H groups in total. The van der Waals surface area contributed by atoms with Crippen molar-refractivity contribution in [3.8, 4) is 0 Å². The van der Waals surface area contributed by atoms with Crippen molar-refractivity contribution >= 4 is 13.1 Å². The minimum Gasteiger partial charge on any atom is -0.465 e. The first kappa shape index (κ1) is 21.5. The first-order valence-corrected chi connectivity index (χ1v) is 9.71. The highest BCUT2D eigenvalue weighted by Gasteiger charge is 2.57. The van der Waals surface area contributed by atoms with Crippen molar-refractivity contribution in [2.75, 3.05) is 6.61 Å². The van der Waals surface area contributed by atoms with Crippen LogP contribution in [0.2, 0.25) is 6.32 Å². The quantitative estimate of drug-likeness (QED) is 0.352. The van der Waals surface area contributed by atoms with E-state index in [0.29, 0.717) is 13.0 Å². The maximum absolute atomic E-state index is 11.5. The van der Waals surface area contributed by atoms with E-state index in [0.717, 1.165) is 44.8 Å². The molecule has 0 radical (unpaired) electrons. The Labute approximate surface area is 148 Å². The third-order valence-electron chi connectivity index (χ3n) is 5.62. The highest BCUT2D eigenvalue weighted by molar-refractivity contribution is 6.45. The molecule has 1 atom stereocenters. The summed E-state index contributed by atoms with van der Waals surface area (Å²) in [7, 11) is -0.149. The van der Waals surface area contributed by atoms with Crippen LogP contribution in [0, 0.1) is 0 Å². The molecule has 0 aromatic carbocycles. The smallest absolute Gasteiger partial charge is 0.457 e. The van der Waals surface area contributed by atoms with E-state index >= 15 is 0 Å². The SMILES string of the molecule is CCOC(=O)C(N)CCCCB1OC(CC)(CC)C(CC)(CC)O1. The Hall–Kier alpha value is -0.585. The summed E-state index contributed by atoms with van der Waals surface area (Å²) in [5, 5.41) is 0. The van der Waals surface area contributed by atoms with Crippen molar-refractivity contribution in [1.29, 1.82) is 0 Å². The lowest BCUT2D eigenvalue weighted by molar-refractivity contribution is -0.144. The van der Waals surface area contributed by atoms with Crippen LogP contribution in [-0.4, -0.2) is 36.9 Å². The molecule has 1 saturated heterocycles. The fourth-order valence-electron chi connectivity index (χ4n) is 4.02. The monoisotopic (exact) mass is 341 g/mol. The number of rotatable bonds is 11. The van der Waals surface area contributed by atoms with E-state index in [2.05, 4.69) is 27.7 Å². The maximum atomic E-state index is 11.5. The van der Waals surface area contributed by atoms with Gasteiger partial charge in [-0.15, -0.1) is 0 Å². The molecule has 0 bridgehead atoms. The topological polar surface area (TPSA) is 70.8 Å². The lowest BCUT2D eigenvalue weighted by atomic mass is 9.75. The van der Waals surface area contributed by atoms with Crippen LogP contribution in [-0.2, 0) is 18.8 Å². The average molecular weight is 341 g/mol. The molecule has 0 aromatic rings. The Balaban J connectivity index is 2.49. The van der Waals surface area contributed by atoms with Crippen molar-refractivity contribution in [1.82, 2.24) is 0 Å². The molecular formula is C18H36BNO4. The minimum atomic E-state index is -0.522. The summed E-state index contributed by atoms with van der Waals surface area (Å²) in [6, 6.07) is -0.522. The van der Waals surface area contributed by atoms with E-state index in [-0.39, 0.29) is 24.3 Å². The van der Waals surface area contributed by atoms with Gasteiger partial charge in [0.2, 0.25) is 0 Å². The normalized spacial score (nSPS) is 20.2. The molecule has 1 rings (SSSR count). The minimum absolute atomic E-state index is 0.149. The predicted octanol–water partition coefficient (Wildman–Crippen LogP) is 3.70. The Morgan fingerprint density at radius 1 is 1.00 bits per heavy atom. The Bertz CT molecular complexity index is 363. The molecule has 0 amide bonds. The second kappa shape index (κ2) is 9.78. The molecular weight excluding hydrogens is 305 g/mol. The zero-order valence-corrected chi connectivity index (χ0v) is 16.2. The van der Waals surface area contributed by atoms with Gasteiger partial charge in [0, 0.05) is 0 Å². The number of hydrogen-bond acceptors (Lipinski definition) is 5. The van der Waals surface area contributed by atoms with Crippen molar-refractivity contribution in [3.05, 3.63) is 0 Å². The van der Waals surface area contributed by atoms with Crippen LogP contribution in [0.3, 0.4) is 0 Å². The standard InChI is InChI=1S/C18H36BNO4/c1-6-17(7-2)18(8-3,9-4)24-19(23-17)14-12-11-13-15(20)16(21)22-10-5/h15H,6-14,20H2,1-5H3. The van der Waals surface area contributed by atoms with Gasteiger partial charge in [-0.25, -0.2) is 0 Å². The van der Waals surface area contributed by atoms with Crippen molar-refractivity contribution in [2.45, 2.75) is 103 Å². The van der Waals surface area contributed by atoms with Crippen LogP contribution in [0.25, 0.3) is 0 Å². The summed E-state index contributed by atoms with van der Waals surface area (Å²) in [6.07, 6.45) is 7.17. The molecule has 1 aliphatic rings. The van der Waals surface area contributed by atoms with Crippen molar-refractivity contribution < 1.29 is 18.8 Å². The number of carbonyl (C=O) groups excluding carboxylic acids is 1. The summed E-state index contributed by atoms with van der Waals surface area (Å²) in [4.78, 5) is 11.5. The van der Waals surface area contributed by atoms with Gasteiger partial charge in [-0.1, -0.05) is 40.5 Å². The van der Waals surface area contributed by atoms with Gasteiger partial charge in [0.25, 0.3) is 0 Å². The number of carbonyl (C=O) groups is 1. The van der Waals surface area contributed by atoms with E-state index < -0.39 is 6.04 Å². The zero-order valence-electron chi connectivity index (χ0n) is 16.2. The molecule has 1 unspecified atom stereocenters. The van der Waals surface area contributed by atoms with E-state index in [1.807, 2.05) is 0 Å². The first-order valence-electron chi connectivity index (χ1n) is 9.71. The lowest BCUT2D eigenvalue weighted by Crippen LogP contribution is -2.50. The molecule has 6 heteroatoms. The van der Waals surface area contributed by atoms with E-state index in [1.165, 1.54) is 0 Å². The number of nitrogens with two attached hydrogens (primary N) is 1. The van der Waals surface area contributed by atoms with Crippen LogP contribution >= 0.6 is 0 Å². The van der Waals surface area contributed by atoms with E-state index in [1.54, 1.807) is 6.92 Å². The molecule has 0 aliphatic carbocycles. The van der Waals surface area contributed by atoms with Gasteiger partial charge in [-0.3, -0.25) is 4.79 Å². The second-order valence-corrected chi connectivity index (χ2v) is 6.71. The van der Waals surface area contributed by atoms with E-state index in [4.69, 9.17) is 19.8 Å². The van der Waals surface area contributed by atoms with Crippen molar-refractivity contribution in [3.63, 3.8) is 0 Å². The number of hydrogen-bond donors (Lipinski definition) is 1. The van der Waals surface area contributed by atoms with Gasteiger partial charge in [-0.05, 0) is 45.3 Å². The molecule has 24 heavy (non-hydrogen) atoms. The van der Waals surface area contributed by atoms with Crippen molar-refractivity contribution in [2.24, 2.45) is 5.73 Å². The summed E-state index contributed by atoms with van der Waals surface area (Å²) in [6.45, 7) is 10.9. The van der Waals surface area contributed by atoms with Gasteiger partial charge in [0.15, 0.2) is 0 Å². The Kier molecular flexibility index (Phi) is 8.75. The predicted molar refractivity (Wildman–Crippen MR) is 97.8 cm³/mol. The molecule has 140 valence electrons. The van der Waals surface area contributed by atoms with Gasteiger partial charge in [0.1, 0.15) is 6.04 Å². The summed E-state index contributed by atoms with van der Waals surface area (Å²) in [5.74, 6) is -0.308. The highest BCUT2D eigenvalue weighted by Crippen LogP contribution is 2.47. The fraction of sp³-hybridized carbons (Fsp3) is 0.944. The van der Waals surface area contributed by atoms with Gasteiger partial charge < -0.3 is 19.8 Å². The van der Waals surface area contributed by atoms with Crippen LogP contribution in [0.4, 0.5) is 0 Å². The summed E-state index contributed by atoms with van der Waals surface area (Å²) < 4.78 is 17.7. The van der Waals surface area contributed by atoms with Crippen LogP contribution < -0.4 is 5.73 Å². The molecule has 1 aliphatic heterocycles. The Morgan fingerprint density at radius 3 is 1.92 bits per heavy atom. The van der Waals surface area contributed by atoms with Crippen LogP contribution in [0.15, 0.2) is 0 Å². The number of ether oxygens (including phenoxy) is 1. The largest absolute Gasteiger partial charge is 0.465 e. The molecule has 5 nitrogen and oxygen atoms in total. The lowest BCUT2D eigenvalue weighted by Gasteiger charge is -2.42. The van der Waals surface area contributed by atoms with E-state index in [9.17, 15) is 4.79 Å². The average Bonchev–Trinajstić information content (AvgIpc) is 2.93. The molecule has 0 spiro atoms. The van der Waals surface area contributed by atoms with Crippen LogP contribution in [0.5, 0.6) is 0 Å². The molecule has 1 fully saturated rings. The molecule has 0 saturated carbocycles. The second-order valence-electron chi connectivity index (χ2n) is 6.71. The molecule has 1 heterocycles. The maximum Gasteiger partial charge on any atom is 0.457 e. The highest BCUT2D eigenvalue weighted by atomic mass is 16.7. The first-order chi connectivity index (χ1) is 11.4. The zero-order chi connectivity index (χ0) is 18.2. The van der Waals surface area contributed by atoms with Gasteiger partial charge >= 0.3 is 13.1 Å². The van der Waals surface area contributed by atoms with Gasteiger partial charge in [-0.2, -0.15) is 0 Å². The number of esters is 1. The third-order valence-corrected chi connectivity index (χ3v) is 5.62. The van der Waals surface area contributed by atoms with Crippen LogP contribution in [0.1, 0.15) is 79.6 Å². The Morgan fingerprint density at radius 2 is 1.50 bits per heavy atom.